The Balaban J connectivity index is 1.49. The molecule has 1 amide bonds. The molecule has 2 aliphatic rings. The molecule has 4 nitrogen and oxygen atoms in total. The minimum Gasteiger partial charge on any atom is -0.460 e. The molecule has 0 N–H and O–H groups in total. The Morgan fingerprint density at radius 1 is 1.15 bits per heavy atom. The summed E-state index contributed by atoms with van der Waals surface area (Å²) in [6, 6.07) is 17.1. The first-order chi connectivity index (χ1) is 12.6. The van der Waals surface area contributed by atoms with E-state index in [2.05, 4.69) is 0 Å². The van der Waals surface area contributed by atoms with Gasteiger partial charge in [-0.2, -0.15) is 0 Å². The molecule has 132 valence electrons. The van der Waals surface area contributed by atoms with Gasteiger partial charge in [-0.3, -0.25) is 14.5 Å². The van der Waals surface area contributed by atoms with E-state index in [4.69, 9.17) is 17.0 Å². The maximum absolute atomic E-state index is 12.9. The van der Waals surface area contributed by atoms with E-state index in [1.54, 1.807) is 0 Å². The highest BCUT2D eigenvalue weighted by molar-refractivity contribution is 7.80. The first-order valence-corrected chi connectivity index (χ1v) is 9.17. The molecule has 0 radical (unpaired) electrons. The molecule has 2 aromatic carbocycles. The van der Waals surface area contributed by atoms with E-state index >= 15 is 0 Å². The average molecular weight is 365 g/mol. The molecule has 1 fully saturated rings. The molecule has 26 heavy (non-hydrogen) atoms. The van der Waals surface area contributed by atoms with Gasteiger partial charge in [-0.15, -0.1) is 0 Å². The minimum atomic E-state index is -0.314. The summed E-state index contributed by atoms with van der Waals surface area (Å²) in [7, 11) is 0. The molecule has 0 bridgehead atoms. The molecule has 1 aliphatic heterocycles. The summed E-state index contributed by atoms with van der Waals surface area (Å²) in [6.07, 6.45) is 0.491. The fourth-order valence-electron chi connectivity index (χ4n) is 3.87. The van der Waals surface area contributed by atoms with Crippen LogP contribution in [0.1, 0.15) is 40.9 Å². The van der Waals surface area contributed by atoms with Crippen molar-refractivity contribution in [1.82, 2.24) is 4.90 Å². The van der Waals surface area contributed by atoms with Gasteiger partial charge in [0.15, 0.2) is 5.78 Å². The second kappa shape index (κ2) is 6.65. The van der Waals surface area contributed by atoms with E-state index in [1.807, 2.05) is 61.5 Å². The molecule has 0 spiro atoms. The van der Waals surface area contributed by atoms with Crippen LogP contribution < -0.4 is 0 Å². The third kappa shape index (κ3) is 2.82. The smallest absolute Gasteiger partial charge is 0.267 e. The standard InChI is InChI=1S/C21H19NO3S/c1-13-20(14-7-3-2-4-8-14)25-21(26)22(13)18(23)12-16-11-15-9-5-6-10-17(15)19(16)24/h2-10,13,16,20H,11-12H2,1H3/t13-,16-,20-/m0/s1. The molecule has 0 saturated carbocycles. The fourth-order valence-corrected chi connectivity index (χ4v) is 4.25. The van der Waals surface area contributed by atoms with Crippen LogP contribution in [0.5, 0.6) is 0 Å². The van der Waals surface area contributed by atoms with Crippen molar-refractivity contribution in [3.8, 4) is 0 Å². The summed E-state index contributed by atoms with van der Waals surface area (Å²) in [5, 5.41) is 0.194. The van der Waals surface area contributed by atoms with Crippen LogP contribution in [0.3, 0.4) is 0 Å². The first kappa shape index (κ1) is 16.9. The quantitative estimate of drug-likeness (QED) is 0.778. The molecule has 1 heterocycles. The monoisotopic (exact) mass is 365 g/mol. The van der Waals surface area contributed by atoms with Crippen molar-refractivity contribution >= 4 is 29.1 Å². The van der Waals surface area contributed by atoms with Crippen molar-refractivity contribution in [1.29, 1.82) is 0 Å². The number of carbonyl (C=O) groups is 2. The van der Waals surface area contributed by atoms with E-state index in [-0.39, 0.29) is 41.3 Å². The Bertz CT molecular complexity index is 880. The highest BCUT2D eigenvalue weighted by atomic mass is 32.1. The average Bonchev–Trinajstić information content (AvgIpc) is 3.12. The Kier molecular flexibility index (Phi) is 4.32. The zero-order chi connectivity index (χ0) is 18.3. The second-order valence-corrected chi connectivity index (χ2v) is 7.20. The van der Waals surface area contributed by atoms with Crippen LogP contribution in [0, 0.1) is 5.92 Å². The van der Waals surface area contributed by atoms with Crippen LogP contribution in [0.15, 0.2) is 54.6 Å². The Morgan fingerprint density at radius 2 is 1.85 bits per heavy atom. The number of hydrogen-bond acceptors (Lipinski definition) is 4. The molecule has 1 aliphatic carbocycles. The molecular weight excluding hydrogens is 346 g/mol. The zero-order valence-electron chi connectivity index (χ0n) is 14.4. The van der Waals surface area contributed by atoms with Gasteiger partial charge < -0.3 is 4.74 Å². The Morgan fingerprint density at radius 3 is 2.58 bits per heavy atom. The van der Waals surface area contributed by atoms with Crippen molar-refractivity contribution in [2.24, 2.45) is 5.92 Å². The van der Waals surface area contributed by atoms with E-state index < -0.39 is 0 Å². The summed E-state index contributed by atoms with van der Waals surface area (Å²) in [6.45, 7) is 1.93. The van der Waals surface area contributed by atoms with Crippen LogP contribution in [0.4, 0.5) is 0 Å². The molecule has 3 atom stereocenters. The lowest BCUT2D eigenvalue weighted by atomic mass is 9.99. The van der Waals surface area contributed by atoms with Crippen molar-refractivity contribution in [2.75, 3.05) is 0 Å². The molecular formula is C21H19NO3S. The van der Waals surface area contributed by atoms with Gasteiger partial charge in [0.05, 0.1) is 6.04 Å². The third-order valence-corrected chi connectivity index (χ3v) is 5.50. The predicted molar refractivity (Wildman–Crippen MR) is 102 cm³/mol. The number of amides is 1. The van der Waals surface area contributed by atoms with Gasteiger partial charge in [0.1, 0.15) is 6.10 Å². The number of ketones is 1. The minimum absolute atomic E-state index is 0.0484. The van der Waals surface area contributed by atoms with Crippen LogP contribution in [-0.2, 0) is 16.0 Å². The van der Waals surface area contributed by atoms with E-state index in [0.29, 0.717) is 6.42 Å². The number of thiocarbonyl (C=S) groups is 1. The zero-order valence-corrected chi connectivity index (χ0v) is 15.2. The number of nitrogens with zero attached hydrogens (tertiary/aromatic N) is 1. The van der Waals surface area contributed by atoms with Gasteiger partial charge in [0.2, 0.25) is 5.91 Å². The van der Waals surface area contributed by atoms with Gasteiger partial charge in [-0.25, -0.2) is 0 Å². The van der Waals surface area contributed by atoms with Crippen molar-refractivity contribution in [2.45, 2.75) is 31.9 Å². The molecule has 5 heteroatoms. The Hall–Kier alpha value is -2.53. The predicted octanol–water partition coefficient (Wildman–Crippen LogP) is 3.71. The molecule has 2 aromatic rings. The summed E-state index contributed by atoms with van der Waals surface area (Å²) >= 11 is 5.31. The number of ether oxygens (including phenoxy) is 1. The van der Waals surface area contributed by atoms with Crippen LogP contribution >= 0.6 is 12.2 Å². The number of rotatable bonds is 3. The number of hydrogen-bond donors (Lipinski definition) is 0. The summed E-state index contributed by atoms with van der Waals surface area (Å²) in [5.74, 6) is -0.412. The van der Waals surface area contributed by atoms with Gasteiger partial charge in [0, 0.05) is 17.9 Å². The lowest BCUT2D eigenvalue weighted by Gasteiger charge is -2.21. The maximum atomic E-state index is 12.9. The van der Waals surface area contributed by atoms with Crippen LogP contribution in [0.25, 0.3) is 0 Å². The van der Waals surface area contributed by atoms with Crippen molar-refractivity contribution in [3.63, 3.8) is 0 Å². The largest absolute Gasteiger partial charge is 0.460 e. The lowest BCUT2D eigenvalue weighted by molar-refractivity contribution is -0.129. The van der Waals surface area contributed by atoms with Gasteiger partial charge >= 0.3 is 0 Å². The van der Waals surface area contributed by atoms with Crippen LogP contribution in [-0.4, -0.2) is 27.8 Å². The molecule has 4 rings (SSSR count). The summed E-state index contributed by atoms with van der Waals surface area (Å²) < 4.78 is 5.80. The second-order valence-electron chi connectivity index (χ2n) is 6.85. The van der Waals surface area contributed by atoms with Crippen molar-refractivity contribution < 1.29 is 14.3 Å². The molecule has 0 aromatic heterocycles. The van der Waals surface area contributed by atoms with Gasteiger partial charge in [-0.1, -0.05) is 54.6 Å². The topological polar surface area (TPSA) is 46.6 Å². The van der Waals surface area contributed by atoms with Crippen molar-refractivity contribution in [3.05, 3.63) is 71.3 Å². The number of fused-ring (bicyclic) bond motifs is 1. The SMILES string of the molecule is C[C@H]1[C@@H](c2ccccc2)OC(=S)N1C(=O)C[C@@H]1Cc2ccccc2C1=O. The number of Topliss-reactive ketones (excluding diaryl/α,β-unsaturated/α-hetero) is 1. The normalized spacial score (nSPS) is 24.5. The fraction of sp³-hybridized carbons (Fsp3) is 0.286. The number of carbonyl (C=O) groups excluding carboxylic acids is 2. The van der Waals surface area contributed by atoms with E-state index in [9.17, 15) is 9.59 Å². The highest BCUT2D eigenvalue weighted by Gasteiger charge is 2.42. The molecule has 0 unspecified atom stereocenters. The number of benzene rings is 2. The summed E-state index contributed by atoms with van der Waals surface area (Å²) in [4.78, 5) is 27.0. The van der Waals surface area contributed by atoms with Gasteiger partial charge in [0.25, 0.3) is 5.17 Å². The Labute approximate surface area is 157 Å². The van der Waals surface area contributed by atoms with Gasteiger partial charge in [-0.05, 0) is 36.7 Å². The highest BCUT2D eigenvalue weighted by Crippen LogP contribution is 2.35. The van der Waals surface area contributed by atoms with Crippen LogP contribution in [0.2, 0.25) is 0 Å². The van der Waals surface area contributed by atoms with E-state index in [0.717, 1.165) is 16.7 Å². The maximum Gasteiger partial charge on any atom is 0.267 e. The summed E-state index contributed by atoms with van der Waals surface area (Å²) in [5.41, 5.74) is 2.74. The third-order valence-electron chi connectivity index (χ3n) is 5.21. The van der Waals surface area contributed by atoms with E-state index in [1.165, 1.54) is 4.90 Å². The lowest BCUT2D eigenvalue weighted by Crippen LogP contribution is -2.39. The molecule has 1 saturated heterocycles. The first-order valence-electron chi connectivity index (χ1n) is 8.76.